The molecule has 0 N–H and O–H groups in total. The third-order valence-corrected chi connectivity index (χ3v) is 2.81. The van der Waals surface area contributed by atoms with Crippen LogP contribution >= 0.6 is 0 Å². The Balaban J connectivity index is 2.58. The van der Waals surface area contributed by atoms with Gasteiger partial charge in [0.15, 0.2) is 23.5 Å². The Morgan fingerprint density at radius 1 is 1.22 bits per heavy atom. The molecule has 18 heavy (non-hydrogen) atoms. The first-order chi connectivity index (χ1) is 8.33. The summed E-state index contributed by atoms with van der Waals surface area (Å²) in [4.78, 5) is 12.2. The zero-order chi connectivity index (χ0) is 13.8. The van der Waals surface area contributed by atoms with Gasteiger partial charge in [0.25, 0.3) is 0 Å². The Labute approximate surface area is 109 Å². The van der Waals surface area contributed by atoms with Crippen molar-refractivity contribution in [3.05, 3.63) is 0 Å². The minimum absolute atomic E-state index is 0.0556. The Bertz CT molecular complexity index is 283. The molecule has 5 nitrogen and oxygen atoms in total. The van der Waals surface area contributed by atoms with Gasteiger partial charge >= 0.3 is 0 Å². The Morgan fingerprint density at radius 2 is 1.78 bits per heavy atom. The van der Waals surface area contributed by atoms with Crippen LogP contribution in [0.1, 0.15) is 41.0 Å². The van der Waals surface area contributed by atoms with E-state index >= 15 is 0 Å². The van der Waals surface area contributed by atoms with E-state index in [0.717, 1.165) is 0 Å². The molecular weight excluding hydrogens is 236 g/mol. The van der Waals surface area contributed by atoms with Gasteiger partial charge in [0, 0.05) is 13.2 Å². The van der Waals surface area contributed by atoms with Crippen molar-refractivity contribution in [3.63, 3.8) is 0 Å². The van der Waals surface area contributed by atoms with Crippen molar-refractivity contribution in [2.75, 3.05) is 19.8 Å². The maximum Gasteiger partial charge on any atom is 0.171 e. The lowest BCUT2D eigenvalue weighted by atomic mass is 9.99. The van der Waals surface area contributed by atoms with Gasteiger partial charge in [-0.2, -0.15) is 0 Å². The lowest BCUT2D eigenvalue weighted by Gasteiger charge is -2.25. The van der Waals surface area contributed by atoms with Crippen molar-refractivity contribution in [2.45, 2.75) is 58.7 Å². The summed E-state index contributed by atoms with van der Waals surface area (Å²) in [5, 5.41) is 0. The van der Waals surface area contributed by atoms with E-state index in [1.807, 2.05) is 13.8 Å². The molecule has 1 heterocycles. The zero-order valence-corrected chi connectivity index (χ0v) is 11.9. The molecular formula is C13H24O5. The number of hydrogen-bond acceptors (Lipinski definition) is 5. The molecule has 1 saturated heterocycles. The van der Waals surface area contributed by atoms with Gasteiger partial charge in [-0.15, -0.1) is 0 Å². The predicted molar refractivity (Wildman–Crippen MR) is 66.2 cm³/mol. The molecule has 0 aromatic carbocycles. The fourth-order valence-electron chi connectivity index (χ4n) is 1.96. The molecule has 0 amide bonds. The molecule has 106 valence electrons. The quantitative estimate of drug-likeness (QED) is 0.654. The molecule has 0 saturated carbocycles. The van der Waals surface area contributed by atoms with Crippen molar-refractivity contribution in [1.29, 1.82) is 0 Å². The van der Waals surface area contributed by atoms with Crippen LogP contribution in [-0.4, -0.2) is 43.3 Å². The minimum Gasteiger partial charge on any atom is -0.352 e. The highest BCUT2D eigenvalue weighted by atomic mass is 16.8. The lowest BCUT2D eigenvalue weighted by molar-refractivity contribution is -0.179. The molecule has 1 aliphatic heterocycles. The van der Waals surface area contributed by atoms with Gasteiger partial charge < -0.3 is 18.9 Å². The van der Waals surface area contributed by atoms with Crippen molar-refractivity contribution in [3.8, 4) is 0 Å². The highest BCUT2D eigenvalue weighted by Gasteiger charge is 2.47. The number of hydrogen-bond donors (Lipinski definition) is 0. The van der Waals surface area contributed by atoms with E-state index in [-0.39, 0.29) is 18.8 Å². The molecule has 0 bridgehead atoms. The number of ether oxygens (including phenoxy) is 4. The molecule has 1 aliphatic rings. The van der Waals surface area contributed by atoms with Crippen molar-refractivity contribution in [2.24, 2.45) is 0 Å². The molecule has 0 aromatic heterocycles. The first-order valence-corrected chi connectivity index (χ1v) is 6.43. The first-order valence-electron chi connectivity index (χ1n) is 6.43. The number of rotatable bonds is 7. The lowest BCUT2D eigenvalue weighted by Crippen LogP contribution is -2.42. The molecule has 1 unspecified atom stereocenters. The summed E-state index contributed by atoms with van der Waals surface area (Å²) in [6.07, 6.45) is -0.325. The molecule has 1 fully saturated rings. The normalized spacial score (nSPS) is 26.8. The van der Waals surface area contributed by atoms with Gasteiger partial charge in [-0.05, 0) is 34.6 Å². The number of ketones is 1. The summed E-state index contributed by atoms with van der Waals surface area (Å²) in [6.45, 7) is 10.4. The molecule has 0 spiro atoms. The van der Waals surface area contributed by atoms with Crippen LogP contribution in [-0.2, 0) is 23.7 Å². The smallest absolute Gasteiger partial charge is 0.171 e. The van der Waals surface area contributed by atoms with E-state index in [4.69, 9.17) is 18.9 Å². The highest BCUT2D eigenvalue weighted by Crippen LogP contribution is 2.32. The minimum atomic E-state index is -0.907. The van der Waals surface area contributed by atoms with Crippen molar-refractivity contribution in [1.82, 2.24) is 0 Å². The SMILES string of the molecule is CCOC(CC(=O)C1(C)COC(C)(C)O1)OCC. The summed E-state index contributed by atoms with van der Waals surface area (Å²) < 4.78 is 21.9. The van der Waals surface area contributed by atoms with E-state index in [1.54, 1.807) is 20.8 Å². The van der Waals surface area contributed by atoms with Crippen LogP contribution in [0.5, 0.6) is 0 Å². The Kier molecular flexibility index (Phi) is 5.28. The molecule has 0 aromatic rings. The monoisotopic (exact) mass is 260 g/mol. The van der Waals surface area contributed by atoms with E-state index in [2.05, 4.69) is 0 Å². The van der Waals surface area contributed by atoms with E-state index in [1.165, 1.54) is 0 Å². The summed E-state index contributed by atoms with van der Waals surface area (Å²) in [5.74, 6) is -0.767. The number of carbonyl (C=O) groups excluding carboxylic acids is 1. The van der Waals surface area contributed by atoms with Crippen LogP contribution in [0.25, 0.3) is 0 Å². The second-order valence-electron chi connectivity index (χ2n) is 4.99. The fraction of sp³-hybridized carbons (Fsp3) is 0.923. The van der Waals surface area contributed by atoms with Gasteiger partial charge in [0.1, 0.15) is 0 Å². The third kappa shape index (κ3) is 4.02. The fourth-order valence-corrected chi connectivity index (χ4v) is 1.96. The number of carbonyl (C=O) groups is 1. The van der Waals surface area contributed by atoms with Crippen LogP contribution in [0.15, 0.2) is 0 Å². The van der Waals surface area contributed by atoms with Gasteiger partial charge in [0.2, 0.25) is 0 Å². The van der Waals surface area contributed by atoms with Crippen molar-refractivity contribution < 1.29 is 23.7 Å². The topological polar surface area (TPSA) is 54.0 Å². The Hall–Kier alpha value is -0.490. The average molecular weight is 260 g/mol. The van der Waals surface area contributed by atoms with Gasteiger partial charge in [-0.1, -0.05) is 0 Å². The summed E-state index contributed by atoms with van der Waals surface area (Å²) in [5.41, 5.74) is -0.907. The molecule has 0 radical (unpaired) electrons. The van der Waals surface area contributed by atoms with Crippen LogP contribution < -0.4 is 0 Å². The Morgan fingerprint density at radius 3 is 2.17 bits per heavy atom. The maximum absolute atomic E-state index is 12.2. The molecule has 1 rings (SSSR count). The number of Topliss-reactive ketones (excluding diaryl/α,β-unsaturated/α-hetero) is 1. The van der Waals surface area contributed by atoms with Crippen LogP contribution in [0.2, 0.25) is 0 Å². The van der Waals surface area contributed by atoms with Crippen LogP contribution in [0.4, 0.5) is 0 Å². The third-order valence-electron chi connectivity index (χ3n) is 2.81. The van der Waals surface area contributed by atoms with Gasteiger partial charge in [-0.3, -0.25) is 4.79 Å². The van der Waals surface area contributed by atoms with Gasteiger partial charge in [0.05, 0.1) is 13.0 Å². The zero-order valence-electron chi connectivity index (χ0n) is 11.9. The largest absolute Gasteiger partial charge is 0.352 e. The standard InChI is InChI=1S/C13H24O5/c1-6-15-11(16-7-2)8-10(14)13(5)9-17-12(3,4)18-13/h11H,6-9H2,1-5H3. The van der Waals surface area contributed by atoms with E-state index in [0.29, 0.717) is 13.2 Å². The second-order valence-corrected chi connectivity index (χ2v) is 4.99. The summed E-state index contributed by atoms with van der Waals surface area (Å²) >= 11 is 0. The van der Waals surface area contributed by atoms with Crippen LogP contribution in [0.3, 0.4) is 0 Å². The average Bonchev–Trinajstić information content (AvgIpc) is 2.55. The van der Waals surface area contributed by atoms with Gasteiger partial charge in [-0.25, -0.2) is 0 Å². The highest BCUT2D eigenvalue weighted by molar-refractivity contribution is 5.87. The molecule has 0 aliphatic carbocycles. The van der Waals surface area contributed by atoms with Crippen LogP contribution in [0, 0.1) is 0 Å². The summed E-state index contributed by atoms with van der Waals surface area (Å²) in [7, 11) is 0. The second kappa shape index (κ2) is 6.10. The van der Waals surface area contributed by atoms with E-state index < -0.39 is 17.7 Å². The predicted octanol–water partition coefficient (Wildman–Crippen LogP) is 1.89. The van der Waals surface area contributed by atoms with Crippen molar-refractivity contribution >= 4 is 5.78 Å². The first kappa shape index (κ1) is 15.6. The summed E-state index contributed by atoms with van der Waals surface area (Å²) in [6, 6.07) is 0. The maximum atomic E-state index is 12.2. The molecule has 1 atom stereocenters. The molecule has 5 heteroatoms. The van der Waals surface area contributed by atoms with E-state index in [9.17, 15) is 4.79 Å².